The summed E-state index contributed by atoms with van der Waals surface area (Å²) in [5.41, 5.74) is 1.04. The average Bonchev–Trinajstić information content (AvgIpc) is 2.40. The minimum atomic E-state index is -0.125. The van der Waals surface area contributed by atoms with Gasteiger partial charge in [0.2, 0.25) is 0 Å². The summed E-state index contributed by atoms with van der Waals surface area (Å²) in [6.07, 6.45) is 1.48. The molecule has 0 radical (unpaired) electrons. The van der Waals surface area contributed by atoms with Gasteiger partial charge in [0, 0.05) is 25.9 Å². The number of ether oxygens (including phenoxy) is 1. The fraction of sp³-hybridized carbons (Fsp3) is 0.533. The van der Waals surface area contributed by atoms with Crippen molar-refractivity contribution >= 4 is 5.69 Å². The Hall–Kier alpha value is -1.53. The van der Waals surface area contributed by atoms with Gasteiger partial charge in [-0.2, -0.15) is 5.26 Å². The van der Waals surface area contributed by atoms with E-state index in [-0.39, 0.29) is 5.60 Å². The van der Waals surface area contributed by atoms with Crippen molar-refractivity contribution in [3.8, 4) is 6.07 Å². The van der Waals surface area contributed by atoms with Crippen molar-refractivity contribution in [2.45, 2.75) is 32.3 Å². The third-order valence-corrected chi connectivity index (χ3v) is 3.15. The predicted octanol–water partition coefficient (Wildman–Crippen LogP) is 3.22. The highest BCUT2D eigenvalue weighted by Crippen LogP contribution is 2.18. The molecule has 0 amide bonds. The van der Waals surface area contributed by atoms with Gasteiger partial charge in [-0.25, -0.2) is 0 Å². The van der Waals surface area contributed by atoms with Gasteiger partial charge >= 0.3 is 0 Å². The molecule has 0 aliphatic heterocycles. The lowest BCUT2D eigenvalue weighted by atomic mass is 10.0. The first-order chi connectivity index (χ1) is 8.59. The molecule has 1 aromatic carbocycles. The highest BCUT2D eigenvalue weighted by molar-refractivity contribution is 5.45. The number of nitriles is 1. The summed E-state index contributed by atoms with van der Waals surface area (Å²) in [6.45, 7) is 5.83. The van der Waals surface area contributed by atoms with Crippen LogP contribution < -0.4 is 4.90 Å². The zero-order valence-corrected chi connectivity index (χ0v) is 11.5. The normalized spacial score (nSPS) is 11.0. The Labute approximate surface area is 110 Å². The molecule has 0 aliphatic rings. The molecule has 18 heavy (non-hydrogen) atoms. The molecule has 1 rings (SSSR count). The number of rotatable bonds is 7. The topological polar surface area (TPSA) is 36.3 Å². The van der Waals surface area contributed by atoms with Crippen LogP contribution in [-0.2, 0) is 4.74 Å². The molecule has 0 unspecified atom stereocenters. The molecule has 0 saturated heterocycles. The molecule has 0 spiro atoms. The molecule has 1 aromatic rings. The summed E-state index contributed by atoms with van der Waals surface area (Å²) in [5.74, 6) is 0. The number of methoxy groups -OCH3 is 1. The minimum absolute atomic E-state index is 0.125. The van der Waals surface area contributed by atoms with E-state index in [1.54, 1.807) is 7.11 Å². The largest absolute Gasteiger partial charge is 0.379 e. The fourth-order valence-corrected chi connectivity index (χ4v) is 1.70. The molecule has 0 saturated carbocycles. The van der Waals surface area contributed by atoms with Crippen molar-refractivity contribution in [2.24, 2.45) is 0 Å². The van der Waals surface area contributed by atoms with E-state index < -0.39 is 0 Å². The Kier molecular flexibility index (Phi) is 5.67. The first kappa shape index (κ1) is 14.5. The van der Waals surface area contributed by atoms with Crippen molar-refractivity contribution in [3.05, 3.63) is 30.3 Å². The van der Waals surface area contributed by atoms with Crippen LogP contribution in [0.1, 0.15) is 26.7 Å². The zero-order chi connectivity index (χ0) is 13.4. The summed E-state index contributed by atoms with van der Waals surface area (Å²) in [4.78, 5) is 2.24. The summed E-state index contributed by atoms with van der Waals surface area (Å²) in [6, 6.07) is 12.4. The molecule has 3 heteroatoms. The van der Waals surface area contributed by atoms with Gasteiger partial charge in [-0.05, 0) is 32.4 Å². The lowest BCUT2D eigenvalue weighted by molar-refractivity contribution is 0.0172. The summed E-state index contributed by atoms with van der Waals surface area (Å²) < 4.78 is 5.44. The molecule has 0 N–H and O–H groups in total. The maximum atomic E-state index is 8.73. The third kappa shape index (κ3) is 4.77. The van der Waals surface area contributed by atoms with E-state index in [1.807, 2.05) is 18.2 Å². The fourth-order valence-electron chi connectivity index (χ4n) is 1.70. The van der Waals surface area contributed by atoms with Gasteiger partial charge in [0.15, 0.2) is 0 Å². The second-order valence-electron chi connectivity index (χ2n) is 4.94. The quantitative estimate of drug-likeness (QED) is 0.741. The maximum Gasteiger partial charge on any atom is 0.0640 e. The lowest BCUT2D eigenvalue weighted by Crippen LogP contribution is -2.32. The number of nitrogens with zero attached hydrogens (tertiary/aromatic N) is 2. The Balaban J connectivity index is 2.65. The van der Waals surface area contributed by atoms with Crippen LogP contribution in [-0.4, -0.2) is 25.8 Å². The van der Waals surface area contributed by atoms with Crippen LogP contribution in [0.3, 0.4) is 0 Å². The van der Waals surface area contributed by atoms with Crippen LogP contribution in [0, 0.1) is 11.3 Å². The Morgan fingerprint density at radius 1 is 1.22 bits per heavy atom. The van der Waals surface area contributed by atoms with E-state index in [1.165, 1.54) is 5.69 Å². The third-order valence-electron chi connectivity index (χ3n) is 3.15. The molecular weight excluding hydrogens is 224 g/mol. The summed E-state index contributed by atoms with van der Waals surface area (Å²) in [5, 5.41) is 8.73. The Morgan fingerprint density at radius 2 is 1.89 bits per heavy atom. The van der Waals surface area contributed by atoms with Crippen molar-refractivity contribution in [2.75, 3.05) is 25.1 Å². The molecule has 0 bridgehead atoms. The maximum absolute atomic E-state index is 8.73. The number of hydrogen-bond donors (Lipinski definition) is 0. The van der Waals surface area contributed by atoms with Crippen molar-refractivity contribution < 1.29 is 4.74 Å². The van der Waals surface area contributed by atoms with Crippen molar-refractivity contribution in [3.63, 3.8) is 0 Å². The van der Waals surface area contributed by atoms with Gasteiger partial charge in [0.25, 0.3) is 0 Å². The van der Waals surface area contributed by atoms with Crippen LogP contribution in [0.4, 0.5) is 5.69 Å². The molecule has 0 aliphatic carbocycles. The number of benzene rings is 1. The van der Waals surface area contributed by atoms with E-state index in [2.05, 4.69) is 36.9 Å². The minimum Gasteiger partial charge on any atom is -0.379 e. The van der Waals surface area contributed by atoms with Gasteiger partial charge in [-0.1, -0.05) is 18.2 Å². The SMILES string of the molecule is COC(C)(C)CCN(CCC#N)c1ccccc1. The molecule has 3 nitrogen and oxygen atoms in total. The van der Waals surface area contributed by atoms with Crippen LogP contribution >= 0.6 is 0 Å². The van der Waals surface area contributed by atoms with Crippen molar-refractivity contribution in [1.82, 2.24) is 0 Å². The highest BCUT2D eigenvalue weighted by atomic mass is 16.5. The van der Waals surface area contributed by atoms with Gasteiger partial charge < -0.3 is 9.64 Å². The second-order valence-corrected chi connectivity index (χ2v) is 4.94. The monoisotopic (exact) mass is 246 g/mol. The molecule has 0 atom stereocenters. The summed E-state index contributed by atoms with van der Waals surface area (Å²) in [7, 11) is 1.74. The molecular formula is C15H22N2O. The lowest BCUT2D eigenvalue weighted by Gasteiger charge is -2.29. The van der Waals surface area contributed by atoms with Gasteiger partial charge in [-0.3, -0.25) is 0 Å². The van der Waals surface area contributed by atoms with Crippen LogP contribution in [0.2, 0.25) is 0 Å². The average molecular weight is 246 g/mol. The van der Waals surface area contributed by atoms with Crippen LogP contribution in [0.5, 0.6) is 0 Å². The predicted molar refractivity (Wildman–Crippen MR) is 74.6 cm³/mol. The number of anilines is 1. The Bertz CT molecular complexity index is 381. The van der Waals surface area contributed by atoms with Gasteiger partial charge in [-0.15, -0.1) is 0 Å². The smallest absolute Gasteiger partial charge is 0.0640 e. The Morgan fingerprint density at radius 3 is 2.44 bits per heavy atom. The van der Waals surface area contributed by atoms with E-state index in [4.69, 9.17) is 10.00 Å². The van der Waals surface area contributed by atoms with E-state index in [0.29, 0.717) is 6.42 Å². The van der Waals surface area contributed by atoms with Crippen molar-refractivity contribution in [1.29, 1.82) is 5.26 Å². The molecule has 0 heterocycles. The number of para-hydroxylation sites is 1. The highest BCUT2D eigenvalue weighted by Gasteiger charge is 2.18. The standard InChI is InChI=1S/C15H22N2O/c1-15(2,18-3)10-13-17(12-7-11-16)14-8-5-4-6-9-14/h4-6,8-9H,7,10,12-13H2,1-3H3. The second kappa shape index (κ2) is 7.03. The molecule has 0 fully saturated rings. The first-order valence-electron chi connectivity index (χ1n) is 6.31. The van der Waals surface area contributed by atoms with Crippen LogP contribution in [0.15, 0.2) is 30.3 Å². The molecule has 0 aromatic heterocycles. The van der Waals surface area contributed by atoms with E-state index >= 15 is 0 Å². The number of hydrogen-bond acceptors (Lipinski definition) is 3. The van der Waals surface area contributed by atoms with E-state index in [0.717, 1.165) is 19.5 Å². The van der Waals surface area contributed by atoms with Gasteiger partial charge in [0.1, 0.15) is 0 Å². The van der Waals surface area contributed by atoms with Crippen LogP contribution in [0.25, 0.3) is 0 Å². The molecule has 98 valence electrons. The first-order valence-corrected chi connectivity index (χ1v) is 6.31. The zero-order valence-electron chi connectivity index (χ0n) is 11.5. The summed E-state index contributed by atoms with van der Waals surface area (Å²) >= 11 is 0. The van der Waals surface area contributed by atoms with Gasteiger partial charge in [0.05, 0.1) is 18.1 Å². The van der Waals surface area contributed by atoms with E-state index in [9.17, 15) is 0 Å².